The molecule has 1 aromatic carbocycles. The Kier molecular flexibility index (Phi) is 4.74. The fraction of sp³-hybridized carbons (Fsp3) is 0.267. The van der Waals surface area contributed by atoms with Crippen molar-refractivity contribution in [3.8, 4) is 0 Å². The summed E-state index contributed by atoms with van der Waals surface area (Å²) in [6.07, 6.45) is 1.95. The first-order valence-electron chi connectivity index (χ1n) is 6.39. The summed E-state index contributed by atoms with van der Waals surface area (Å²) in [6.45, 7) is 2.37. The van der Waals surface area contributed by atoms with Crippen molar-refractivity contribution in [2.75, 3.05) is 6.54 Å². The van der Waals surface area contributed by atoms with Crippen LogP contribution in [0.3, 0.4) is 0 Å². The van der Waals surface area contributed by atoms with Crippen molar-refractivity contribution >= 4 is 0 Å². The lowest BCUT2D eigenvalue weighted by molar-refractivity contribution is 0.460. The Morgan fingerprint density at radius 3 is 2.40 bits per heavy atom. The molecule has 1 heterocycles. The summed E-state index contributed by atoms with van der Waals surface area (Å²) in [4.78, 5) is 4.14. The summed E-state index contributed by atoms with van der Waals surface area (Å²) in [6, 6.07) is 6.16. The lowest BCUT2D eigenvalue weighted by Crippen LogP contribution is -2.25. The quantitative estimate of drug-likeness (QED) is 0.908. The van der Waals surface area contributed by atoms with Crippen LogP contribution in [0.2, 0.25) is 0 Å². The molecule has 0 aliphatic carbocycles. The molecular weight excluding hydrogens is 265 g/mol. The van der Waals surface area contributed by atoms with Crippen LogP contribution in [0.1, 0.15) is 24.2 Å². The molecule has 106 valence electrons. The molecule has 2 aromatic rings. The van der Waals surface area contributed by atoms with Crippen molar-refractivity contribution in [3.63, 3.8) is 0 Å². The standard InChI is InChI=1S/C15H15F3N2/c1-2-19-14(9-11-5-3-4-6-20-11)15-12(17)7-10(16)8-13(15)18/h3-8,14,19H,2,9H2,1H3. The van der Waals surface area contributed by atoms with Crippen LogP contribution >= 0.6 is 0 Å². The molecule has 0 spiro atoms. The van der Waals surface area contributed by atoms with Gasteiger partial charge in [-0.2, -0.15) is 0 Å². The average molecular weight is 280 g/mol. The van der Waals surface area contributed by atoms with Crippen LogP contribution in [0.25, 0.3) is 0 Å². The molecular formula is C15H15F3N2. The van der Waals surface area contributed by atoms with Gasteiger partial charge in [-0.15, -0.1) is 0 Å². The molecule has 1 aromatic heterocycles. The number of aromatic nitrogens is 1. The van der Waals surface area contributed by atoms with Gasteiger partial charge < -0.3 is 5.32 Å². The number of pyridine rings is 1. The Morgan fingerprint density at radius 2 is 1.85 bits per heavy atom. The fourth-order valence-electron chi connectivity index (χ4n) is 2.14. The molecule has 2 nitrogen and oxygen atoms in total. The van der Waals surface area contributed by atoms with E-state index in [2.05, 4.69) is 10.3 Å². The second-order valence-electron chi connectivity index (χ2n) is 4.42. The molecule has 0 fully saturated rings. The van der Waals surface area contributed by atoms with Crippen LogP contribution in [-0.2, 0) is 6.42 Å². The molecule has 2 rings (SSSR count). The summed E-state index contributed by atoms with van der Waals surface area (Å²) in [7, 11) is 0. The Hall–Kier alpha value is -1.88. The van der Waals surface area contributed by atoms with Gasteiger partial charge in [0.25, 0.3) is 0 Å². The van der Waals surface area contributed by atoms with Gasteiger partial charge in [-0.1, -0.05) is 13.0 Å². The number of nitrogens with one attached hydrogen (secondary N) is 1. The summed E-state index contributed by atoms with van der Waals surface area (Å²) in [5, 5.41) is 3.01. The maximum absolute atomic E-state index is 13.8. The van der Waals surface area contributed by atoms with Gasteiger partial charge in [0.15, 0.2) is 0 Å². The number of likely N-dealkylation sites (N-methyl/N-ethyl adjacent to an activating group) is 1. The van der Waals surface area contributed by atoms with Gasteiger partial charge in [-0.05, 0) is 18.7 Å². The lowest BCUT2D eigenvalue weighted by Gasteiger charge is -2.19. The summed E-state index contributed by atoms with van der Waals surface area (Å²) in [5.74, 6) is -2.69. The minimum atomic E-state index is -0.920. The molecule has 0 saturated carbocycles. The smallest absolute Gasteiger partial charge is 0.133 e. The lowest BCUT2D eigenvalue weighted by atomic mass is 10.00. The number of rotatable bonds is 5. The van der Waals surface area contributed by atoms with E-state index in [0.717, 1.165) is 0 Å². The van der Waals surface area contributed by atoms with Gasteiger partial charge in [0, 0.05) is 42.0 Å². The van der Waals surface area contributed by atoms with Crippen LogP contribution in [-0.4, -0.2) is 11.5 Å². The zero-order valence-electron chi connectivity index (χ0n) is 11.0. The molecule has 5 heteroatoms. The van der Waals surface area contributed by atoms with Gasteiger partial charge in [-0.25, -0.2) is 13.2 Å². The normalized spacial score (nSPS) is 12.4. The third-order valence-corrected chi connectivity index (χ3v) is 2.98. The summed E-state index contributed by atoms with van der Waals surface area (Å²) in [5.41, 5.74) is 0.556. The SMILES string of the molecule is CCNC(Cc1ccccn1)c1c(F)cc(F)cc1F. The monoisotopic (exact) mass is 280 g/mol. The predicted molar refractivity (Wildman–Crippen MR) is 70.7 cm³/mol. The highest BCUT2D eigenvalue weighted by Crippen LogP contribution is 2.24. The first-order valence-corrected chi connectivity index (χ1v) is 6.39. The second-order valence-corrected chi connectivity index (χ2v) is 4.42. The third kappa shape index (κ3) is 3.36. The van der Waals surface area contributed by atoms with Crippen molar-refractivity contribution in [2.24, 2.45) is 0 Å². The molecule has 0 aliphatic heterocycles. The van der Waals surface area contributed by atoms with E-state index in [1.165, 1.54) is 0 Å². The topological polar surface area (TPSA) is 24.9 Å². The van der Waals surface area contributed by atoms with Gasteiger partial charge >= 0.3 is 0 Å². The van der Waals surface area contributed by atoms with Crippen molar-refractivity contribution < 1.29 is 13.2 Å². The second kappa shape index (κ2) is 6.52. The molecule has 0 radical (unpaired) electrons. The zero-order valence-corrected chi connectivity index (χ0v) is 11.0. The van der Waals surface area contributed by atoms with Gasteiger partial charge in [0.2, 0.25) is 0 Å². The molecule has 0 bridgehead atoms. The van der Waals surface area contributed by atoms with Crippen molar-refractivity contribution in [1.82, 2.24) is 10.3 Å². The van der Waals surface area contributed by atoms with Crippen molar-refractivity contribution in [1.29, 1.82) is 0 Å². The number of hydrogen-bond acceptors (Lipinski definition) is 2. The van der Waals surface area contributed by atoms with Crippen molar-refractivity contribution in [3.05, 3.63) is 65.2 Å². The number of halogens is 3. The van der Waals surface area contributed by atoms with Crippen molar-refractivity contribution in [2.45, 2.75) is 19.4 Å². The molecule has 0 amide bonds. The first-order chi connectivity index (χ1) is 9.61. The molecule has 20 heavy (non-hydrogen) atoms. The largest absolute Gasteiger partial charge is 0.310 e. The van der Waals surface area contributed by atoms with Gasteiger partial charge in [0.05, 0.1) is 0 Å². The zero-order chi connectivity index (χ0) is 14.5. The predicted octanol–water partition coefficient (Wildman–Crippen LogP) is 3.39. The number of benzene rings is 1. The summed E-state index contributed by atoms with van der Waals surface area (Å²) < 4.78 is 40.7. The highest BCUT2D eigenvalue weighted by molar-refractivity contribution is 5.26. The van der Waals surface area contributed by atoms with E-state index < -0.39 is 23.5 Å². The Balaban J connectivity index is 2.34. The van der Waals surface area contributed by atoms with E-state index in [1.807, 2.05) is 13.0 Å². The van der Waals surface area contributed by atoms with Crippen LogP contribution < -0.4 is 5.32 Å². The van der Waals surface area contributed by atoms with E-state index in [0.29, 0.717) is 30.8 Å². The van der Waals surface area contributed by atoms with E-state index >= 15 is 0 Å². The van der Waals surface area contributed by atoms with Crippen LogP contribution in [0.15, 0.2) is 36.5 Å². The summed E-state index contributed by atoms with van der Waals surface area (Å²) >= 11 is 0. The Labute approximate surface area is 115 Å². The van der Waals surface area contributed by atoms with Gasteiger partial charge in [0.1, 0.15) is 17.5 Å². The maximum Gasteiger partial charge on any atom is 0.133 e. The van der Waals surface area contributed by atoms with Crippen LogP contribution in [0.5, 0.6) is 0 Å². The van der Waals surface area contributed by atoms with Crippen LogP contribution in [0.4, 0.5) is 13.2 Å². The first kappa shape index (κ1) is 14.5. The number of hydrogen-bond donors (Lipinski definition) is 1. The average Bonchev–Trinajstić information content (AvgIpc) is 2.39. The third-order valence-electron chi connectivity index (χ3n) is 2.98. The Morgan fingerprint density at radius 1 is 1.15 bits per heavy atom. The molecule has 0 aliphatic rings. The van der Waals surface area contributed by atoms with E-state index in [4.69, 9.17) is 0 Å². The highest BCUT2D eigenvalue weighted by atomic mass is 19.1. The molecule has 1 unspecified atom stereocenters. The molecule has 0 saturated heterocycles. The maximum atomic E-state index is 13.8. The molecule has 1 N–H and O–H groups in total. The number of nitrogens with zero attached hydrogens (tertiary/aromatic N) is 1. The van der Waals surface area contributed by atoms with Gasteiger partial charge in [-0.3, -0.25) is 4.98 Å². The fourth-order valence-corrected chi connectivity index (χ4v) is 2.14. The van der Waals surface area contributed by atoms with E-state index in [-0.39, 0.29) is 5.56 Å². The van der Waals surface area contributed by atoms with Crippen LogP contribution in [0, 0.1) is 17.5 Å². The Bertz CT molecular complexity index is 550. The van der Waals surface area contributed by atoms with E-state index in [1.54, 1.807) is 18.3 Å². The molecule has 1 atom stereocenters. The minimum Gasteiger partial charge on any atom is -0.310 e. The van der Waals surface area contributed by atoms with E-state index in [9.17, 15) is 13.2 Å². The highest BCUT2D eigenvalue weighted by Gasteiger charge is 2.21. The minimum absolute atomic E-state index is 0.154.